The lowest BCUT2D eigenvalue weighted by molar-refractivity contribution is 0.0551. The summed E-state index contributed by atoms with van der Waals surface area (Å²) in [4.78, 5) is 2.36. The molecule has 131 valence electrons. The number of hydrogen-bond donors (Lipinski definition) is 1. The zero-order chi connectivity index (χ0) is 17.6. The molecule has 1 aliphatic carbocycles. The van der Waals surface area contributed by atoms with Crippen molar-refractivity contribution in [2.24, 2.45) is 0 Å². The standard InChI is InChI=1S/C21H26N3O/c1-3-17-14-20(25-19-10-12-24(2)13-11-19)8-9-21(17)23-18-6-4-16(15-22)5-7-18/h4-7,9,14,19,23H,3,8,10-13H2,1-2H3. The van der Waals surface area contributed by atoms with E-state index in [0.29, 0.717) is 11.7 Å². The lowest BCUT2D eigenvalue weighted by atomic mass is 9.99. The SMILES string of the molecule is CCC1=C(Nc2ccc(C#N)cc2)[CH]CC(OC2CCN(C)CC2)=C1. The Morgan fingerprint density at radius 3 is 2.60 bits per heavy atom. The molecule has 0 unspecified atom stereocenters. The highest BCUT2D eigenvalue weighted by Gasteiger charge is 2.21. The fourth-order valence-corrected chi connectivity index (χ4v) is 3.27. The summed E-state index contributed by atoms with van der Waals surface area (Å²) in [5.41, 5.74) is 4.09. The van der Waals surface area contributed by atoms with Gasteiger partial charge < -0.3 is 15.0 Å². The van der Waals surface area contributed by atoms with Gasteiger partial charge in [0, 0.05) is 37.3 Å². The number of rotatable bonds is 5. The van der Waals surface area contributed by atoms with E-state index in [4.69, 9.17) is 10.00 Å². The number of nitrogens with zero attached hydrogens (tertiary/aromatic N) is 2. The van der Waals surface area contributed by atoms with Crippen LogP contribution in [0.4, 0.5) is 5.69 Å². The van der Waals surface area contributed by atoms with Crippen LogP contribution in [0.2, 0.25) is 0 Å². The summed E-state index contributed by atoms with van der Waals surface area (Å²) in [6.07, 6.45) is 8.75. The molecule has 1 aliphatic heterocycles. The molecule has 0 bridgehead atoms. The minimum Gasteiger partial charge on any atom is -0.495 e. The number of anilines is 1. The summed E-state index contributed by atoms with van der Waals surface area (Å²) in [5, 5.41) is 12.4. The van der Waals surface area contributed by atoms with Crippen LogP contribution in [0.15, 0.2) is 47.4 Å². The predicted molar refractivity (Wildman–Crippen MR) is 101 cm³/mol. The molecular weight excluding hydrogens is 310 g/mol. The molecule has 1 aromatic carbocycles. The maximum Gasteiger partial charge on any atom is 0.101 e. The van der Waals surface area contributed by atoms with E-state index >= 15 is 0 Å². The summed E-state index contributed by atoms with van der Waals surface area (Å²) < 4.78 is 6.25. The Balaban J connectivity index is 1.66. The van der Waals surface area contributed by atoms with E-state index in [-0.39, 0.29) is 0 Å². The van der Waals surface area contributed by atoms with Crippen molar-refractivity contribution in [3.05, 3.63) is 59.4 Å². The number of ether oxygens (including phenoxy) is 1. The van der Waals surface area contributed by atoms with Crippen molar-refractivity contribution in [1.82, 2.24) is 4.90 Å². The quantitative estimate of drug-likeness (QED) is 0.874. The van der Waals surface area contributed by atoms with Crippen LogP contribution in [-0.4, -0.2) is 31.1 Å². The lowest BCUT2D eigenvalue weighted by Gasteiger charge is -2.31. The number of nitriles is 1. The van der Waals surface area contributed by atoms with Crippen LogP contribution in [0.25, 0.3) is 0 Å². The first-order valence-electron chi connectivity index (χ1n) is 9.07. The first-order valence-corrected chi connectivity index (χ1v) is 9.07. The summed E-state index contributed by atoms with van der Waals surface area (Å²) >= 11 is 0. The number of allylic oxidation sites excluding steroid dienone is 4. The van der Waals surface area contributed by atoms with Gasteiger partial charge in [0.1, 0.15) is 6.10 Å². The first kappa shape index (κ1) is 17.6. The normalized spacial score (nSPS) is 19.3. The van der Waals surface area contributed by atoms with Crippen molar-refractivity contribution in [3.8, 4) is 6.07 Å². The number of nitrogens with one attached hydrogen (secondary N) is 1. The van der Waals surface area contributed by atoms with Gasteiger partial charge in [0.15, 0.2) is 0 Å². The number of piperidine rings is 1. The third kappa shape index (κ3) is 4.64. The third-order valence-corrected chi connectivity index (χ3v) is 4.85. The van der Waals surface area contributed by atoms with E-state index in [1.165, 1.54) is 5.57 Å². The molecule has 25 heavy (non-hydrogen) atoms. The van der Waals surface area contributed by atoms with Gasteiger partial charge in [0.05, 0.1) is 17.4 Å². The molecule has 3 rings (SSSR count). The van der Waals surface area contributed by atoms with Crippen molar-refractivity contribution in [3.63, 3.8) is 0 Å². The molecule has 0 aromatic heterocycles. The van der Waals surface area contributed by atoms with E-state index in [0.717, 1.165) is 55.9 Å². The molecular formula is C21H26N3O. The topological polar surface area (TPSA) is 48.3 Å². The van der Waals surface area contributed by atoms with Crippen LogP contribution in [0, 0.1) is 17.8 Å². The first-order chi connectivity index (χ1) is 12.2. The second kappa shape index (κ2) is 8.22. The molecule has 4 heteroatoms. The monoisotopic (exact) mass is 336 g/mol. The molecule has 4 nitrogen and oxygen atoms in total. The van der Waals surface area contributed by atoms with Gasteiger partial charge in [0.2, 0.25) is 0 Å². The average molecular weight is 336 g/mol. The second-order valence-electron chi connectivity index (χ2n) is 6.75. The molecule has 1 N–H and O–H groups in total. The Hall–Kier alpha value is -2.25. The molecule has 2 aliphatic rings. The predicted octanol–water partition coefficient (Wildman–Crippen LogP) is 4.24. The Bertz CT molecular complexity index is 689. The smallest absolute Gasteiger partial charge is 0.101 e. The zero-order valence-electron chi connectivity index (χ0n) is 15.1. The van der Waals surface area contributed by atoms with Crippen molar-refractivity contribution >= 4 is 5.69 Å². The number of likely N-dealkylation sites (tertiary alicyclic amines) is 1. The van der Waals surface area contributed by atoms with E-state index in [9.17, 15) is 0 Å². The molecule has 1 radical (unpaired) electrons. The van der Waals surface area contributed by atoms with E-state index in [1.807, 2.05) is 24.3 Å². The Morgan fingerprint density at radius 2 is 1.96 bits per heavy atom. The van der Waals surface area contributed by atoms with Crippen LogP contribution in [0.5, 0.6) is 0 Å². The fourth-order valence-electron chi connectivity index (χ4n) is 3.27. The van der Waals surface area contributed by atoms with Gasteiger partial charge in [-0.3, -0.25) is 0 Å². The van der Waals surface area contributed by atoms with Crippen LogP contribution < -0.4 is 5.32 Å². The molecule has 1 aromatic rings. The molecule has 1 saturated heterocycles. The average Bonchev–Trinajstić information content (AvgIpc) is 2.65. The van der Waals surface area contributed by atoms with Gasteiger partial charge in [-0.2, -0.15) is 5.26 Å². The Kier molecular flexibility index (Phi) is 5.78. The van der Waals surface area contributed by atoms with Crippen LogP contribution in [0.1, 0.15) is 38.2 Å². The number of benzene rings is 1. The molecule has 0 saturated carbocycles. The van der Waals surface area contributed by atoms with Gasteiger partial charge in [-0.15, -0.1) is 0 Å². The van der Waals surface area contributed by atoms with E-state index in [2.05, 4.69) is 42.8 Å². The minimum absolute atomic E-state index is 0.349. The summed E-state index contributed by atoms with van der Waals surface area (Å²) in [7, 11) is 2.17. The maximum atomic E-state index is 8.90. The van der Waals surface area contributed by atoms with Gasteiger partial charge in [0.25, 0.3) is 0 Å². The fraction of sp³-hybridized carbons (Fsp3) is 0.429. The zero-order valence-corrected chi connectivity index (χ0v) is 15.1. The van der Waals surface area contributed by atoms with E-state index in [1.54, 1.807) is 0 Å². The largest absolute Gasteiger partial charge is 0.495 e. The van der Waals surface area contributed by atoms with Crippen molar-refractivity contribution in [2.75, 3.05) is 25.5 Å². The van der Waals surface area contributed by atoms with Crippen molar-refractivity contribution < 1.29 is 4.74 Å². The summed E-state index contributed by atoms with van der Waals surface area (Å²) in [6.45, 7) is 4.39. The van der Waals surface area contributed by atoms with Crippen molar-refractivity contribution in [2.45, 2.75) is 38.7 Å². The highest BCUT2D eigenvalue weighted by atomic mass is 16.5. The van der Waals surface area contributed by atoms with Crippen LogP contribution >= 0.6 is 0 Å². The second-order valence-corrected chi connectivity index (χ2v) is 6.75. The van der Waals surface area contributed by atoms with Gasteiger partial charge >= 0.3 is 0 Å². The molecule has 0 spiro atoms. The lowest BCUT2D eigenvalue weighted by Crippen LogP contribution is -2.34. The Morgan fingerprint density at radius 1 is 1.24 bits per heavy atom. The highest BCUT2D eigenvalue weighted by molar-refractivity contribution is 5.55. The van der Waals surface area contributed by atoms with Gasteiger partial charge in [-0.05, 0) is 62.2 Å². The van der Waals surface area contributed by atoms with Crippen LogP contribution in [-0.2, 0) is 4.74 Å². The molecule has 0 amide bonds. The molecule has 1 fully saturated rings. The minimum atomic E-state index is 0.349. The number of hydrogen-bond acceptors (Lipinski definition) is 4. The summed E-state index contributed by atoms with van der Waals surface area (Å²) in [5.74, 6) is 1.08. The summed E-state index contributed by atoms with van der Waals surface area (Å²) in [6, 6.07) is 9.71. The molecule has 0 atom stereocenters. The van der Waals surface area contributed by atoms with Crippen molar-refractivity contribution in [1.29, 1.82) is 5.26 Å². The van der Waals surface area contributed by atoms with E-state index < -0.39 is 0 Å². The van der Waals surface area contributed by atoms with Gasteiger partial charge in [-0.25, -0.2) is 0 Å². The maximum absolute atomic E-state index is 8.90. The highest BCUT2D eigenvalue weighted by Crippen LogP contribution is 2.29. The third-order valence-electron chi connectivity index (χ3n) is 4.85. The van der Waals surface area contributed by atoms with Gasteiger partial charge in [-0.1, -0.05) is 6.92 Å². The van der Waals surface area contributed by atoms with Crippen LogP contribution in [0.3, 0.4) is 0 Å². The Labute approximate surface area is 150 Å². The molecule has 1 heterocycles.